The van der Waals surface area contributed by atoms with Crippen molar-refractivity contribution in [3.8, 4) is 0 Å². The molecule has 0 aromatic heterocycles. The second-order valence-electron chi connectivity index (χ2n) is 2.20. The highest BCUT2D eigenvalue weighted by Gasteiger charge is 1.90. The Balaban J connectivity index is 2.80. The van der Waals surface area contributed by atoms with Gasteiger partial charge in [0, 0.05) is 10.9 Å². The molecular formula is C8H11BrN+. The van der Waals surface area contributed by atoms with Crippen LogP contribution in [0.2, 0.25) is 0 Å². The smallest absolute Gasteiger partial charge is 0.0997 e. The van der Waals surface area contributed by atoms with E-state index in [1.165, 1.54) is 11.1 Å². The summed E-state index contributed by atoms with van der Waals surface area (Å²) in [4.78, 5) is 0. The lowest BCUT2D eigenvalue weighted by atomic mass is 10.2. The summed E-state index contributed by atoms with van der Waals surface area (Å²) < 4.78 is 0. The van der Waals surface area contributed by atoms with E-state index in [0.717, 1.165) is 11.9 Å². The molecule has 10 heavy (non-hydrogen) atoms. The molecule has 1 rings (SSSR count). The molecule has 0 radical (unpaired) electrons. The molecule has 3 N–H and O–H groups in total. The van der Waals surface area contributed by atoms with Crippen molar-refractivity contribution in [2.75, 3.05) is 0 Å². The summed E-state index contributed by atoms with van der Waals surface area (Å²) in [6, 6.07) is 8.47. The first kappa shape index (κ1) is 7.76. The van der Waals surface area contributed by atoms with E-state index in [1.807, 2.05) is 0 Å². The van der Waals surface area contributed by atoms with Crippen LogP contribution in [0, 0.1) is 0 Å². The highest BCUT2D eigenvalue weighted by atomic mass is 79.9. The fourth-order valence-corrected chi connectivity index (χ4v) is 1.17. The first-order valence-corrected chi connectivity index (χ1v) is 4.42. The topological polar surface area (TPSA) is 27.6 Å². The molecule has 54 valence electrons. The van der Waals surface area contributed by atoms with Gasteiger partial charge in [0.15, 0.2) is 0 Å². The van der Waals surface area contributed by atoms with Gasteiger partial charge in [-0.3, -0.25) is 0 Å². The van der Waals surface area contributed by atoms with Crippen LogP contribution in [0.5, 0.6) is 0 Å². The van der Waals surface area contributed by atoms with E-state index in [0.29, 0.717) is 0 Å². The fourth-order valence-electron chi connectivity index (χ4n) is 0.795. The molecule has 1 aromatic carbocycles. The lowest BCUT2D eigenvalue weighted by Gasteiger charge is -1.95. The van der Waals surface area contributed by atoms with Gasteiger partial charge in [0.1, 0.15) is 0 Å². The van der Waals surface area contributed by atoms with E-state index in [-0.39, 0.29) is 0 Å². The van der Waals surface area contributed by atoms with E-state index < -0.39 is 0 Å². The van der Waals surface area contributed by atoms with Crippen molar-refractivity contribution >= 4 is 15.9 Å². The van der Waals surface area contributed by atoms with Gasteiger partial charge >= 0.3 is 0 Å². The summed E-state index contributed by atoms with van der Waals surface area (Å²) in [6.07, 6.45) is 0. The standard InChI is InChI=1S/C8H10BrN/c9-5-7-1-3-8(6-10)4-2-7/h1-4H,5-6,10H2/p+1. The summed E-state index contributed by atoms with van der Waals surface area (Å²) in [5.41, 5.74) is 6.41. The number of benzene rings is 1. The maximum Gasteiger partial charge on any atom is 0.0997 e. The Morgan fingerprint density at radius 3 is 2.00 bits per heavy atom. The van der Waals surface area contributed by atoms with E-state index in [1.54, 1.807) is 0 Å². The van der Waals surface area contributed by atoms with Gasteiger partial charge in [0.25, 0.3) is 0 Å². The number of hydrogen-bond donors (Lipinski definition) is 1. The van der Waals surface area contributed by atoms with Crippen molar-refractivity contribution in [2.24, 2.45) is 0 Å². The minimum absolute atomic E-state index is 0.878. The molecule has 0 saturated carbocycles. The Morgan fingerprint density at radius 2 is 1.60 bits per heavy atom. The molecule has 0 aliphatic heterocycles. The SMILES string of the molecule is [NH3+]Cc1ccc(CBr)cc1. The van der Waals surface area contributed by atoms with E-state index >= 15 is 0 Å². The van der Waals surface area contributed by atoms with Gasteiger partial charge in [-0.1, -0.05) is 40.2 Å². The van der Waals surface area contributed by atoms with Crippen molar-refractivity contribution in [3.05, 3.63) is 35.4 Å². The second kappa shape index (κ2) is 3.74. The van der Waals surface area contributed by atoms with Crippen molar-refractivity contribution in [1.82, 2.24) is 0 Å². The number of rotatable bonds is 2. The molecule has 0 spiro atoms. The third-order valence-corrected chi connectivity index (χ3v) is 2.11. The quantitative estimate of drug-likeness (QED) is 0.699. The number of alkyl halides is 1. The van der Waals surface area contributed by atoms with Crippen LogP contribution in [-0.4, -0.2) is 0 Å². The number of halogens is 1. The fraction of sp³-hybridized carbons (Fsp3) is 0.250. The zero-order valence-electron chi connectivity index (χ0n) is 5.81. The average Bonchev–Trinajstić information content (AvgIpc) is 2.05. The molecule has 0 fully saturated rings. The van der Waals surface area contributed by atoms with Gasteiger partial charge in [0.2, 0.25) is 0 Å². The predicted molar refractivity (Wildman–Crippen MR) is 45.7 cm³/mol. The van der Waals surface area contributed by atoms with Crippen LogP contribution in [0.3, 0.4) is 0 Å². The van der Waals surface area contributed by atoms with E-state index in [4.69, 9.17) is 0 Å². The average molecular weight is 201 g/mol. The molecule has 0 saturated heterocycles. The lowest BCUT2D eigenvalue weighted by Crippen LogP contribution is -2.47. The minimum atomic E-state index is 0.878. The zero-order valence-corrected chi connectivity index (χ0v) is 7.39. The third-order valence-electron chi connectivity index (χ3n) is 1.47. The van der Waals surface area contributed by atoms with Crippen LogP contribution in [0.25, 0.3) is 0 Å². The summed E-state index contributed by atoms with van der Waals surface area (Å²) >= 11 is 3.39. The summed E-state index contributed by atoms with van der Waals surface area (Å²) in [5, 5.41) is 0.935. The van der Waals surface area contributed by atoms with Crippen LogP contribution in [0.4, 0.5) is 0 Å². The molecule has 0 bridgehead atoms. The highest BCUT2D eigenvalue weighted by molar-refractivity contribution is 9.08. The molecule has 0 aliphatic carbocycles. The lowest BCUT2D eigenvalue weighted by molar-refractivity contribution is -0.386. The molecule has 0 aliphatic rings. The normalized spacial score (nSPS) is 9.80. The van der Waals surface area contributed by atoms with Crippen LogP contribution in [0.1, 0.15) is 11.1 Å². The molecule has 2 heteroatoms. The largest absolute Gasteiger partial charge is 0.354 e. The summed E-state index contributed by atoms with van der Waals surface area (Å²) in [5.74, 6) is 0. The summed E-state index contributed by atoms with van der Waals surface area (Å²) in [7, 11) is 0. The second-order valence-corrected chi connectivity index (χ2v) is 2.76. The first-order valence-electron chi connectivity index (χ1n) is 3.30. The molecule has 1 aromatic rings. The molecule has 1 nitrogen and oxygen atoms in total. The van der Waals surface area contributed by atoms with Crippen molar-refractivity contribution in [1.29, 1.82) is 0 Å². The van der Waals surface area contributed by atoms with Gasteiger partial charge in [0.05, 0.1) is 6.54 Å². The number of hydrogen-bond acceptors (Lipinski definition) is 0. The maximum atomic E-state index is 3.80. The Kier molecular flexibility index (Phi) is 2.90. The van der Waals surface area contributed by atoms with Crippen molar-refractivity contribution in [2.45, 2.75) is 11.9 Å². The Labute approximate surface area is 69.4 Å². The number of quaternary nitrogens is 1. The van der Waals surface area contributed by atoms with Crippen LogP contribution in [-0.2, 0) is 11.9 Å². The van der Waals surface area contributed by atoms with Crippen LogP contribution >= 0.6 is 15.9 Å². The summed E-state index contributed by atoms with van der Waals surface area (Å²) in [6.45, 7) is 0.878. The van der Waals surface area contributed by atoms with E-state index in [2.05, 4.69) is 45.9 Å². The van der Waals surface area contributed by atoms with Gasteiger partial charge in [-0.25, -0.2) is 0 Å². The van der Waals surface area contributed by atoms with E-state index in [9.17, 15) is 0 Å². The van der Waals surface area contributed by atoms with Gasteiger partial charge < -0.3 is 5.73 Å². The monoisotopic (exact) mass is 200 g/mol. The van der Waals surface area contributed by atoms with Gasteiger partial charge in [-0.2, -0.15) is 0 Å². The van der Waals surface area contributed by atoms with Crippen molar-refractivity contribution in [3.63, 3.8) is 0 Å². The van der Waals surface area contributed by atoms with Crippen molar-refractivity contribution < 1.29 is 5.73 Å². The Morgan fingerprint density at radius 1 is 1.10 bits per heavy atom. The zero-order chi connectivity index (χ0) is 7.40. The van der Waals surface area contributed by atoms with Gasteiger partial charge in [-0.15, -0.1) is 0 Å². The Bertz CT molecular complexity index is 170. The third kappa shape index (κ3) is 1.82. The molecule has 0 heterocycles. The predicted octanol–water partition coefficient (Wildman–Crippen LogP) is 1.32. The first-order chi connectivity index (χ1) is 4.86. The van der Waals surface area contributed by atoms with Crippen LogP contribution in [0.15, 0.2) is 24.3 Å². The molecular weight excluding hydrogens is 190 g/mol. The minimum Gasteiger partial charge on any atom is -0.354 e. The van der Waals surface area contributed by atoms with Crippen LogP contribution < -0.4 is 5.73 Å². The molecule has 0 amide bonds. The maximum absolute atomic E-state index is 3.80. The molecule has 0 unspecified atom stereocenters. The highest BCUT2D eigenvalue weighted by Crippen LogP contribution is 2.06. The Hall–Kier alpha value is -0.340. The molecule has 0 atom stereocenters. The van der Waals surface area contributed by atoms with Gasteiger partial charge in [-0.05, 0) is 5.56 Å².